The van der Waals surface area contributed by atoms with Gasteiger partial charge in [0.1, 0.15) is 5.82 Å². The van der Waals surface area contributed by atoms with E-state index >= 15 is 0 Å². The molecule has 3 heterocycles. The average Bonchev–Trinajstić information content (AvgIpc) is 2.78. The van der Waals surface area contributed by atoms with E-state index < -0.39 is 0 Å². The van der Waals surface area contributed by atoms with Crippen molar-refractivity contribution < 1.29 is 0 Å². The van der Waals surface area contributed by atoms with E-state index in [0.29, 0.717) is 5.92 Å². The van der Waals surface area contributed by atoms with E-state index in [4.69, 9.17) is 4.99 Å². The summed E-state index contributed by atoms with van der Waals surface area (Å²) in [6.45, 7) is 19.6. The number of likely N-dealkylation sites (N-methyl/N-ethyl adjacent to an activating group) is 1. The molecule has 1 unspecified atom stereocenters. The Hall–Kier alpha value is -1.86. The van der Waals surface area contributed by atoms with Gasteiger partial charge in [-0.25, -0.2) is 4.98 Å². The van der Waals surface area contributed by atoms with Crippen molar-refractivity contribution in [2.45, 2.75) is 20.8 Å². The lowest BCUT2D eigenvalue weighted by Gasteiger charge is -2.37. The number of anilines is 1. The van der Waals surface area contributed by atoms with Crippen molar-refractivity contribution in [2.75, 3.05) is 83.4 Å². The highest BCUT2D eigenvalue weighted by Crippen LogP contribution is 2.13. The third-order valence-electron chi connectivity index (χ3n) is 5.92. The highest BCUT2D eigenvalue weighted by Gasteiger charge is 2.21. The Bertz CT molecular complexity index is 605. The van der Waals surface area contributed by atoms with E-state index in [0.717, 1.165) is 57.6 Å². The highest BCUT2D eigenvalue weighted by atomic mass is 15.4. The number of hydrogen-bond acceptors (Lipinski definition) is 5. The van der Waals surface area contributed by atoms with E-state index in [9.17, 15) is 0 Å². The Morgan fingerprint density at radius 1 is 1.03 bits per heavy atom. The second kappa shape index (κ2) is 11.4. The van der Waals surface area contributed by atoms with Crippen molar-refractivity contribution in [3.8, 4) is 0 Å². The Labute approximate surface area is 176 Å². The minimum absolute atomic E-state index is 0.576. The van der Waals surface area contributed by atoms with Crippen LogP contribution >= 0.6 is 0 Å². The number of guanidine groups is 1. The Morgan fingerprint density at radius 3 is 2.38 bits per heavy atom. The van der Waals surface area contributed by atoms with Crippen molar-refractivity contribution in [3.63, 3.8) is 0 Å². The van der Waals surface area contributed by atoms with Crippen LogP contribution in [0.5, 0.6) is 0 Å². The fourth-order valence-corrected chi connectivity index (χ4v) is 4.14. The van der Waals surface area contributed by atoms with Crippen LogP contribution in [0.1, 0.15) is 20.8 Å². The number of piperazine rings is 2. The lowest BCUT2D eigenvalue weighted by Crippen LogP contribution is -2.53. The molecule has 29 heavy (non-hydrogen) atoms. The molecule has 0 radical (unpaired) electrons. The third-order valence-corrected chi connectivity index (χ3v) is 5.92. The second-order valence-electron chi connectivity index (χ2n) is 8.20. The molecule has 0 spiro atoms. The van der Waals surface area contributed by atoms with Crippen molar-refractivity contribution >= 4 is 11.8 Å². The van der Waals surface area contributed by atoms with E-state index in [1.54, 1.807) is 0 Å². The molecular formula is C22H39N7. The molecule has 7 nitrogen and oxygen atoms in total. The van der Waals surface area contributed by atoms with Crippen molar-refractivity contribution in [2.24, 2.45) is 10.9 Å². The fraction of sp³-hybridized carbons (Fsp3) is 0.727. The maximum Gasteiger partial charge on any atom is 0.194 e. The molecule has 7 heteroatoms. The molecular weight excluding hydrogens is 362 g/mol. The molecule has 0 saturated carbocycles. The Morgan fingerprint density at radius 2 is 1.76 bits per heavy atom. The monoisotopic (exact) mass is 401 g/mol. The molecule has 2 saturated heterocycles. The summed E-state index contributed by atoms with van der Waals surface area (Å²) in [7, 11) is 0. The zero-order valence-corrected chi connectivity index (χ0v) is 18.6. The molecule has 1 aromatic heterocycles. The first-order valence-electron chi connectivity index (χ1n) is 11.3. The van der Waals surface area contributed by atoms with Gasteiger partial charge in [0.25, 0.3) is 0 Å². The van der Waals surface area contributed by atoms with Gasteiger partial charge < -0.3 is 24.9 Å². The topological polar surface area (TPSA) is 50.2 Å². The lowest BCUT2D eigenvalue weighted by molar-refractivity contribution is 0.125. The first-order valence-corrected chi connectivity index (χ1v) is 11.3. The van der Waals surface area contributed by atoms with Gasteiger partial charge in [-0.2, -0.15) is 0 Å². The van der Waals surface area contributed by atoms with Crippen LogP contribution in [0.3, 0.4) is 0 Å². The summed E-state index contributed by atoms with van der Waals surface area (Å²) < 4.78 is 0. The Balaban J connectivity index is 1.47. The Kier molecular flexibility index (Phi) is 8.55. The van der Waals surface area contributed by atoms with Gasteiger partial charge in [-0.05, 0) is 31.5 Å². The molecule has 1 atom stereocenters. The van der Waals surface area contributed by atoms with Gasteiger partial charge in [0.2, 0.25) is 0 Å². The van der Waals surface area contributed by atoms with Crippen molar-refractivity contribution in [1.29, 1.82) is 0 Å². The normalized spacial score (nSPS) is 20.7. The van der Waals surface area contributed by atoms with Gasteiger partial charge >= 0.3 is 0 Å². The summed E-state index contributed by atoms with van der Waals surface area (Å²) in [5, 5.41) is 3.50. The van der Waals surface area contributed by atoms with Crippen LogP contribution in [0.15, 0.2) is 29.4 Å². The van der Waals surface area contributed by atoms with Gasteiger partial charge in [-0.3, -0.25) is 4.99 Å². The zero-order chi connectivity index (χ0) is 20.5. The summed E-state index contributed by atoms with van der Waals surface area (Å²) in [5.41, 5.74) is 0. The van der Waals surface area contributed by atoms with E-state index in [-0.39, 0.29) is 0 Å². The molecule has 2 fully saturated rings. The van der Waals surface area contributed by atoms with Crippen LogP contribution in [0.25, 0.3) is 0 Å². The molecule has 1 aromatic rings. The predicted octanol–water partition coefficient (Wildman–Crippen LogP) is 1.44. The van der Waals surface area contributed by atoms with Crippen molar-refractivity contribution in [1.82, 2.24) is 25.0 Å². The maximum atomic E-state index is 4.99. The lowest BCUT2D eigenvalue weighted by atomic mass is 10.1. The quantitative estimate of drug-likeness (QED) is 0.551. The number of pyridine rings is 1. The van der Waals surface area contributed by atoms with Gasteiger partial charge in [0.15, 0.2) is 5.96 Å². The number of aromatic nitrogens is 1. The van der Waals surface area contributed by atoms with Crippen LogP contribution in [-0.2, 0) is 0 Å². The number of rotatable bonds is 7. The smallest absolute Gasteiger partial charge is 0.194 e. The summed E-state index contributed by atoms with van der Waals surface area (Å²) >= 11 is 0. The molecule has 3 rings (SSSR count). The molecule has 2 aliphatic heterocycles. The van der Waals surface area contributed by atoms with Gasteiger partial charge in [0.05, 0.1) is 0 Å². The van der Waals surface area contributed by atoms with Gasteiger partial charge in [-0.15, -0.1) is 0 Å². The van der Waals surface area contributed by atoms with Crippen LogP contribution in [0, 0.1) is 5.92 Å². The zero-order valence-electron chi connectivity index (χ0n) is 18.6. The van der Waals surface area contributed by atoms with Crippen molar-refractivity contribution in [3.05, 3.63) is 24.4 Å². The molecule has 0 aromatic carbocycles. The summed E-state index contributed by atoms with van der Waals surface area (Å²) in [6.07, 6.45) is 1.87. The van der Waals surface area contributed by atoms with Crippen LogP contribution in [0.4, 0.5) is 5.82 Å². The van der Waals surface area contributed by atoms with E-state index in [2.05, 4.69) is 62.8 Å². The first-order chi connectivity index (χ1) is 14.2. The molecule has 2 aliphatic rings. The fourth-order valence-electron chi connectivity index (χ4n) is 4.14. The standard InChI is InChI=1S/C22H39N7/c1-4-23-22(25-18-20(3)19-27-12-10-26(5-2)11-13-27)29-16-14-28(15-17-29)21-8-6-7-9-24-21/h6-9,20H,4-5,10-19H2,1-3H3,(H,23,25). The third kappa shape index (κ3) is 6.57. The van der Waals surface area contributed by atoms with Crippen LogP contribution in [0.2, 0.25) is 0 Å². The maximum absolute atomic E-state index is 4.99. The molecule has 0 amide bonds. The summed E-state index contributed by atoms with van der Waals surface area (Å²) in [5.74, 6) is 2.72. The molecule has 0 aliphatic carbocycles. The summed E-state index contributed by atoms with van der Waals surface area (Å²) in [4.78, 5) is 19.4. The molecule has 0 bridgehead atoms. The predicted molar refractivity (Wildman–Crippen MR) is 122 cm³/mol. The van der Waals surface area contributed by atoms with E-state index in [1.165, 1.54) is 32.7 Å². The first kappa shape index (κ1) is 21.8. The largest absolute Gasteiger partial charge is 0.357 e. The minimum atomic E-state index is 0.576. The van der Waals surface area contributed by atoms with Crippen LogP contribution < -0.4 is 10.2 Å². The van der Waals surface area contributed by atoms with Crippen LogP contribution in [-0.4, -0.2) is 104 Å². The SMILES string of the molecule is CCNC(=NCC(C)CN1CCN(CC)CC1)N1CCN(c2ccccn2)CC1. The number of nitrogens with zero attached hydrogens (tertiary/aromatic N) is 6. The number of aliphatic imine (C=N–C) groups is 1. The van der Waals surface area contributed by atoms with Gasteiger partial charge in [-0.1, -0.05) is 19.9 Å². The average molecular weight is 402 g/mol. The van der Waals surface area contributed by atoms with E-state index in [1.807, 2.05) is 12.3 Å². The van der Waals surface area contributed by atoms with Gasteiger partial charge in [0, 0.05) is 78.2 Å². The second-order valence-corrected chi connectivity index (χ2v) is 8.20. The summed E-state index contributed by atoms with van der Waals surface area (Å²) in [6, 6.07) is 6.13. The number of nitrogens with one attached hydrogen (secondary N) is 1. The highest BCUT2D eigenvalue weighted by molar-refractivity contribution is 5.80. The molecule has 162 valence electrons. The molecule has 1 N–H and O–H groups in total. The minimum Gasteiger partial charge on any atom is -0.357 e. The number of hydrogen-bond donors (Lipinski definition) is 1.